The van der Waals surface area contributed by atoms with Gasteiger partial charge in [-0.2, -0.15) is 5.26 Å². The molecule has 0 spiro atoms. The van der Waals surface area contributed by atoms with Crippen LogP contribution in [0.25, 0.3) is 0 Å². The summed E-state index contributed by atoms with van der Waals surface area (Å²) in [6.07, 6.45) is 4.32. The van der Waals surface area contributed by atoms with Crippen molar-refractivity contribution in [3.63, 3.8) is 0 Å². The van der Waals surface area contributed by atoms with Crippen molar-refractivity contribution in [1.82, 2.24) is 19.7 Å². The van der Waals surface area contributed by atoms with Crippen LogP contribution in [0.15, 0.2) is 6.33 Å². The van der Waals surface area contributed by atoms with Crippen LogP contribution in [0.5, 0.6) is 0 Å². The van der Waals surface area contributed by atoms with Crippen LogP contribution < -0.4 is 0 Å². The van der Waals surface area contributed by atoms with Crippen LogP contribution in [0.2, 0.25) is 0 Å². The number of likely N-dealkylation sites (tertiary alicyclic amines) is 1. The summed E-state index contributed by atoms with van der Waals surface area (Å²) in [4.78, 5) is 2.51. The molecule has 0 atom stereocenters. The molecule has 1 aliphatic heterocycles. The number of rotatable bonds is 2. The molecular weight excluding hydrogens is 226 g/mol. The second kappa shape index (κ2) is 5.07. The SMILES string of the molecule is CC(C)(C)N1CCC(n2cnnc2CC#N)CC1. The lowest BCUT2D eigenvalue weighted by molar-refractivity contribution is 0.0892. The van der Waals surface area contributed by atoms with Gasteiger partial charge in [-0.3, -0.25) is 4.90 Å². The minimum Gasteiger partial charge on any atom is -0.314 e. The van der Waals surface area contributed by atoms with Gasteiger partial charge in [0.25, 0.3) is 0 Å². The summed E-state index contributed by atoms with van der Waals surface area (Å²) < 4.78 is 2.09. The minimum absolute atomic E-state index is 0.244. The monoisotopic (exact) mass is 247 g/mol. The maximum Gasteiger partial charge on any atom is 0.147 e. The lowest BCUT2D eigenvalue weighted by Gasteiger charge is -2.41. The Kier molecular flexibility index (Phi) is 3.67. The molecule has 0 amide bonds. The molecule has 18 heavy (non-hydrogen) atoms. The quantitative estimate of drug-likeness (QED) is 0.799. The summed E-state index contributed by atoms with van der Waals surface area (Å²) in [5.74, 6) is 0.798. The first-order valence-electron chi connectivity index (χ1n) is 6.53. The molecule has 2 heterocycles. The number of aromatic nitrogens is 3. The van der Waals surface area contributed by atoms with E-state index in [1.54, 1.807) is 6.33 Å². The standard InChI is InChI=1S/C13H21N5/c1-13(2,3)17-8-5-11(6-9-17)18-10-15-16-12(18)4-7-14/h10-11H,4-6,8-9H2,1-3H3. The van der Waals surface area contributed by atoms with E-state index in [9.17, 15) is 0 Å². The summed E-state index contributed by atoms with van der Waals surface area (Å²) in [6.45, 7) is 8.96. The van der Waals surface area contributed by atoms with Crippen molar-refractivity contribution in [2.75, 3.05) is 13.1 Å². The second-order valence-corrected chi connectivity index (χ2v) is 5.88. The van der Waals surface area contributed by atoms with E-state index in [-0.39, 0.29) is 5.54 Å². The highest BCUT2D eigenvalue weighted by molar-refractivity contribution is 4.98. The summed E-state index contributed by atoms with van der Waals surface area (Å²) in [6, 6.07) is 2.60. The number of piperidine rings is 1. The first-order valence-corrected chi connectivity index (χ1v) is 6.53. The fraction of sp³-hybridized carbons (Fsp3) is 0.769. The van der Waals surface area contributed by atoms with Gasteiger partial charge in [-0.15, -0.1) is 10.2 Å². The molecule has 0 aliphatic carbocycles. The Morgan fingerprint density at radius 1 is 1.39 bits per heavy atom. The highest BCUT2D eigenvalue weighted by atomic mass is 15.3. The van der Waals surface area contributed by atoms with Crippen molar-refractivity contribution in [2.24, 2.45) is 0 Å². The molecule has 5 nitrogen and oxygen atoms in total. The molecule has 1 saturated heterocycles. The molecule has 0 N–H and O–H groups in total. The molecule has 1 fully saturated rings. The highest BCUT2D eigenvalue weighted by Gasteiger charge is 2.28. The third-order valence-corrected chi connectivity index (χ3v) is 3.69. The average molecular weight is 247 g/mol. The molecule has 0 unspecified atom stereocenters. The Balaban J connectivity index is 2.02. The normalized spacial score (nSPS) is 18.8. The Morgan fingerprint density at radius 2 is 2.06 bits per heavy atom. The van der Waals surface area contributed by atoms with E-state index in [0.717, 1.165) is 31.8 Å². The maximum atomic E-state index is 8.77. The van der Waals surface area contributed by atoms with Crippen molar-refractivity contribution in [1.29, 1.82) is 5.26 Å². The zero-order valence-electron chi connectivity index (χ0n) is 11.4. The van der Waals surface area contributed by atoms with Crippen LogP contribution in [0.4, 0.5) is 0 Å². The van der Waals surface area contributed by atoms with Crippen molar-refractivity contribution >= 4 is 0 Å². The van der Waals surface area contributed by atoms with E-state index in [2.05, 4.69) is 46.5 Å². The average Bonchev–Trinajstić information content (AvgIpc) is 2.77. The number of nitriles is 1. The van der Waals surface area contributed by atoms with E-state index >= 15 is 0 Å². The van der Waals surface area contributed by atoms with Gasteiger partial charge in [0.1, 0.15) is 12.2 Å². The van der Waals surface area contributed by atoms with Crippen LogP contribution in [0, 0.1) is 11.3 Å². The zero-order chi connectivity index (χ0) is 13.2. The van der Waals surface area contributed by atoms with E-state index < -0.39 is 0 Å². The molecule has 98 valence electrons. The van der Waals surface area contributed by atoms with Gasteiger partial charge in [-0.25, -0.2) is 0 Å². The molecule has 0 saturated carbocycles. The molecular formula is C13H21N5. The van der Waals surface area contributed by atoms with Crippen molar-refractivity contribution in [2.45, 2.75) is 51.6 Å². The Bertz CT molecular complexity index is 429. The van der Waals surface area contributed by atoms with E-state index in [0.29, 0.717) is 12.5 Å². The van der Waals surface area contributed by atoms with Crippen molar-refractivity contribution in [3.8, 4) is 6.07 Å². The second-order valence-electron chi connectivity index (χ2n) is 5.88. The lowest BCUT2D eigenvalue weighted by Crippen LogP contribution is -2.46. The van der Waals surface area contributed by atoms with Gasteiger partial charge in [0.2, 0.25) is 0 Å². The zero-order valence-corrected chi connectivity index (χ0v) is 11.4. The molecule has 0 radical (unpaired) electrons. The van der Waals surface area contributed by atoms with Gasteiger partial charge in [0.15, 0.2) is 0 Å². The van der Waals surface area contributed by atoms with Crippen LogP contribution >= 0.6 is 0 Å². The van der Waals surface area contributed by atoms with Crippen molar-refractivity contribution < 1.29 is 0 Å². The van der Waals surface area contributed by atoms with Crippen LogP contribution in [-0.4, -0.2) is 38.3 Å². The molecule has 5 heteroatoms. The smallest absolute Gasteiger partial charge is 0.147 e. The number of nitrogens with zero attached hydrogens (tertiary/aromatic N) is 5. The van der Waals surface area contributed by atoms with Gasteiger partial charge in [-0.1, -0.05) is 0 Å². The van der Waals surface area contributed by atoms with E-state index in [1.165, 1.54) is 0 Å². The lowest BCUT2D eigenvalue weighted by atomic mass is 9.98. The fourth-order valence-corrected chi connectivity index (χ4v) is 2.58. The van der Waals surface area contributed by atoms with E-state index in [1.807, 2.05) is 0 Å². The highest BCUT2D eigenvalue weighted by Crippen LogP contribution is 2.27. The van der Waals surface area contributed by atoms with Gasteiger partial charge in [0.05, 0.1) is 12.5 Å². The van der Waals surface area contributed by atoms with Crippen LogP contribution in [0.3, 0.4) is 0 Å². The molecule has 0 bridgehead atoms. The third-order valence-electron chi connectivity index (χ3n) is 3.69. The number of hydrogen-bond acceptors (Lipinski definition) is 4. The fourth-order valence-electron chi connectivity index (χ4n) is 2.58. The maximum absolute atomic E-state index is 8.77. The summed E-state index contributed by atoms with van der Waals surface area (Å²) in [7, 11) is 0. The first kappa shape index (κ1) is 13.0. The van der Waals surface area contributed by atoms with E-state index in [4.69, 9.17) is 5.26 Å². The predicted octanol–water partition coefficient (Wildman–Crippen LogP) is 1.78. The Labute approximate surface area is 108 Å². The molecule has 2 rings (SSSR count). The van der Waals surface area contributed by atoms with Crippen molar-refractivity contribution in [3.05, 3.63) is 12.2 Å². The number of hydrogen-bond donors (Lipinski definition) is 0. The first-order chi connectivity index (χ1) is 8.52. The largest absolute Gasteiger partial charge is 0.314 e. The van der Waals surface area contributed by atoms with Gasteiger partial charge < -0.3 is 4.57 Å². The Hall–Kier alpha value is -1.41. The van der Waals surface area contributed by atoms with Gasteiger partial charge in [-0.05, 0) is 33.6 Å². The Morgan fingerprint density at radius 3 is 2.61 bits per heavy atom. The topological polar surface area (TPSA) is 57.7 Å². The third kappa shape index (κ3) is 2.70. The summed E-state index contributed by atoms with van der Waals surface area (Å²) >= 11 is 0. The van der Waals surface area contributed by atoms with Crippen LogP contribution in [-0.2, 0) is 6.42 Å². The van der Waals surface area contributed by atoms with Gasteiger partial charge >= 0.3 is 0 Å². The molecule has 1 aliphatic rings. The molecule has 1 aromatic rings. The molecule has 0 aromatic carbocycles. The predicted molar refractivity (Wildman–Crippen MR) is 68.9 cm³/mol. The van der Waals surface area contributed by atoms with Crippen LogP contribution in [0.1, 0.15) is 45.5 Å². The summed E-state index contributed by atoms with van der Waals surface area (Å²) in [5, 5.41) is 16.7. The molecule has 1 aromatic heterocycles. The van der Waals surface area contributed by atoms with Gasteiger partial charge in [0, 0.05) is 24.7 Å². The summed E-state index contributed by atoms with van der Waals surface area (Å²) in [5.41, 5.74) is 0.244. The minimum atomic E-state index is 0.244.